The first-order valence-electron chi connectivity index (χ1n) is 7.19. The third kappa shape index (κ3) is 3.28. The first kappa shape index (κ1) is 14.6. The van der Waals surface area contributed by atoms with Crippen molar-refractivity contribution in [1.29, 1.82) is 0 Å². The van der Waals surface area contributed by atoms with Crippen molar-refractivity contribution in [3.8, 4) is 0 Å². The molecule has 0 saturated carbocycles. The second-order valence-corrected chi connectivity index (χ2v) is 5.43. The van der Waals surface area contributed by atoms with E-state index in [4.69, 9.17) is 11.6 Å². The minimum atomic E-state index is -0.216. The number of nitrogens with one attached hydrogen (secondary N) is 2. The van der Waals surface area contributed by atoms with Gasteiger partial charge in [-0.1, -0.05) is 23.7 Å². The fraction of sp³-hybridized carbons (Fsp3) is 0.176. The molecule has 2 N–H and O–H groups in total. The van der Waals surface area contributed by atoms with E-state index >= 15 is 0 Å². The molecule has 0 aromatic heterocycles. The molecular formula is C17H16ClN3O. The molecule has 0 saturated heterocycles. The van der Waals surface area contributed by atoms with Crippen LogP contribution in [0.3, 0.4) is 0 Å². The number of carbonyl (C=O) groups excluding carboxylic acids is 1. The summed E-state index contributed by atoms with van der Waals surface area (Å²) in [6, 6.07) is 14.6. The monoisotopic (exact) mass is 313 g/mol. The Labute approximate surface area is 134 Å². The van der Waals surface area contributed by atoms with E-state index in [2.05, 4.69) is 15.6 Å². The largest absolute Gasteiger partial charge is 0.370 e. The molecule has 0 atom stereocenters. The zero-order chi connectivity index (χ0) is 15.4. The van der Waals surface area contributed by atoms with E-state index in [9.17, 15) is 4.79 Å². The maximum absolute atomic E-state index is 12.2. The van der Waals surface area contributed by atoms with Crippen LogP contribution in [0.5, 0.6) is 0 Å². The maximum atomic E-state index is 12.2. The summed E-state index contributed by atoms with van der Waals surface area (Å²) in [5, 5.41) is 6.56. The molecule has 112 valence electrons. The van der Waals surface area contributed by atoms with Crippen molar-refractivity contribution in [2.45, 2.75) is 6.42 Å². The Morgan fingerprint density at radius 3 is 2.59 bits per heavy atom. The number of hydrogen-bond acceptors (Lipinski definition) is 3. The Morgan fingerprint density at radius 1 is 1.14 bits per heavy atom. The summed E-state index contributed by atoms with van der Waals surface area (Å²) in [4.78, 5) is 16.6. The van der Waals surface area contributed by atoms with Crippen LogP contribution in [0.4, 0.5) is 5.69 Å². The Balaban J connectivity index is 1.72. The number of carbonyl (C=O) groups is 1. The van der Waals surface area contributed by atoms with Gasteiger partial charge >= 0.3 is 0 Å². The number of amides is 1. The Hall–Kier alpha value is -2.33. The molecule has 0 bridgehead atoms. The molecule has 0 spiro atoms. The van der Waals surface area contributed by atoms with Gasteiger partial charge in [-0.05, 0) is 42.8 Å². The van der Waals surface area contributed by atoms with Crippen molar-refractivity contribution < 1.29 is 4.79 Å². The molecule has 0 radical (unpaired) electrons. The quantitative estimate of drug-likeness (QED) is 0.913. The topological polar surface area (TPSA) is 53.5 Å². The van der Waals surface area contributed by atoms with Crippen LogP contribution < -0.4 is 10.6 Å². The first-order chi connectivity index (χ1) is 10.7. The third-order valence-corrected chi connectivity index (χ3v) is 3.76. The van der Waals surface area contributed by atoms with Gasteiger partial charge in [-0.25, -0.2) is 0 Å². The number of aliphatic imine (C=N–C) groups is 1. The molecule has 1 aliphatic heterocycles. The van der Waals surface area contributed by atoms with Gasteiger partial charge in [-0.2, -0.15) is 0 Å². The normalized spacial score (nSPS) is 14.0. The highest BCUT2D eigenvalue weighted by Gasteiger charge is 2.10. The van der Waals surface area contributed by atoms with Crippen molar-refractivity contribution in [1.82, 2.24) is 5.32 Å². The van der Waals surface area contributed by atoms with Crippen molar-refractivity contribution in [3.63, 3.8) is 0 Å². The summed E-state index contributed by atoms with van der Waals surface area (Å²) in [5.74, 6) is 0.696. The molecule has 0 unspecified atom stereocenters. The van der Waals surface area contributed by atoms with Crippen molar-refractivity contribution >= 4 is 29.0 Å². The van der Waals surface area contributed by atoms with E-state index in [0.717, 1.165) is 36.6 Å². The van der Waals surface area contributed by atoms with E-state index < -0.39 is 0 Å². The minimum absolute atomic E-state index is 0.216. The Kier molecular flexibility index (Phi) is 4.39. The van der Waals surface area contributed by atoms with Crippen molar-refractivity contribution in [2.24, 2.45) is 4.99 Å². The van der Waals surface area contributed by atoms with Gasteiger partial charge < -0.3 is 10.6 Å². The molecule has 22 heavy (non-hydrogen) atoms. The molecule has 4 nitrogen and oxygen atoms in total. The van der Waals surface area contributed by atoms with Crippen molar-refractivity contribution in [2.75, 3.05) is 18.4 Å². The number of nitrogens with zero attached hydrogens (tertiary/aromatic N) is 1. The highest BCUT2D eigenvalue weighted by Crippen LogP contribution is 2.17. The van der Waals surface area contributed by atoms with Gasteiger partial charge in [-0.15, -0.1) is 0 Å². The van der Waals surface area contributed by atoms with Crippen LogP contribution in [0.1, 0.15) is 22.3 Å². The summed E-state index contributed by atoms with van der Waals surface area (Å²) in [7, 11) is 0. The predicted molar refractivity (Wildman–Crippen MR) is 89.9 cm³/mol. The summed E-state index contributed by atoms with van der Waals surface area (Å²) < 4.78 is 0. The second kappa shape index (κ2) is 6.62. The average molecular weight is 314 g/mol. The standard InChI is InChI=1S/C17H16ClN3O/c18-15-5-2-1-4-14(15)17(22)21-13-8-6-12(7-9-13)16-19-10-3-11-20-16/h1-2,4-9H,3,10-11H2,(H,19,20)(H,21,22). The Bertz CT molecular complexity index is 710. The average Bonchev–Trinajstić information content (AvgIpc) is 2.57. The fourth-order valence-corrected chi connectivity index (χ4v) is 2.50. The SMILES string of the molecule is O=C(Nc1ccc(C2=NCCCN2)cc1)c1ccccc1Cl. The zero-order valence-electron chi connectivity index (χ0n) is 12.0. The fourth-order valence-electron chi connectivity index (χ4n) is 2.28. The number of benzene rings is 2. The van der Waals surface area contributed by atoms with Gasteiger partial charge in [0.25, 0.3) is 5.91 Å². The van der Waals surface area contributed by atoms with E-state index in [0.29, 0.717) is 10.6 Å². The van der Waals surface area contributed by atoms with Crippen LogP contribution in [-0.2, 0) is 0 Å². The molecule has 1 aliphatic rings. The number of hydrogen-bond donors (Lipinski definition) is 2. The highest BCUT2D eigenvalue weighted by molar-refractivity contribution is 6.34. The maximum Gasteiger partial charge on any atom is 0.257 e. The summed E-state index contributed by atoms with van der Waals surface area (Å²) in [6.07, 6.45) is 1.06. The number of rotatable bonds is 3. The van der Waals surface area contributed by atoms with Gasteiger partial charge in [0, 0.05) is 24.3 Å². The van der Waals surface area contributed by atoms with Crippen LogP contribution in [0, 0.1) is 0 Å². The van der Waals surface area contributed by atoms with Gasteiger partial charge in [-0.3, -0.25) is 9.79 Å². The van der Waals surface area contributed by atoms with Crippen LogP contribution in [0.2, 0.25) is 5.02 Å². The smallest absolute Gasteiger partial charge is 0.257 e. The third-order valence-electron chi connectivity index (χ3n) is 3.43. The number of halogens is 1. The second-order valence-electron chi connectivity index (χ2n) is 5.02. The first-order valence-corrected chi connectivity index (χ1v) is 7.56. The highest BCUT2D eigenvalue weighted by atomic mass is 35.5. The van der Waals surface area contributed by atoms with Crippen LogP contribution in [0.25, 0.3) is 0 Å². The lowest BCUT2D eigenvalue weighted by Gasteiger charge is -2.15. The molecule has 0 fully saturated rings. The molecule has 2 aromatic rings. The summed E-state index contributed by atoms with van der Waals surface area (Å²) >= 11 is 6.03. The van der Waals surface area contributed by atoms with E-state index in [1.54, 1.807) is 24.3 Å². The van der Waals surface area contributed by atoms with Crippen LogP contribution in [-0.4, -0.2) is 24.8 Å². The molecular weight excluding hydrogens is 298 g/mol. The lowest BCUT2D eigenvalue weighted by molar-refractivity contribution is 0.102. The predicted octanol–water partition coefficient (Wildman–Crippen LogP) is 3.33. The van der Waals surface area contributed by atoms with Gasteiger partial charge in [0.1, 0.15) is 5.84 Å². The number of anilines is 1. The summed E-state index contributed by atoms with van der Waals surface area (Å²) in [5.41, 5.74) is 2.21. The lowest BCUT2D eigenvalue weighted by Crippen LogP contribution is -2.30. The lowest BCUT2D eigenvalue weighted by atomic mass is 10.1. The zero-order valence-corrected chi connectivity index (χ0v) is 12.7. The molecule has 1 amide bonds. The van der Waals surface area contributed by atoms with E-state index in [1.165, 1.54) is 0 Å². The van der Waals surface area contributed by atoms with E-state index in [1.807, 2.05) is 24.3 Å². The van der Waals surface area contributed by atoms with Crippen LogP contribution in [0.15, 0.2) is 53.5 Å². The molecule has 0 aliphatic carbocycles. The molecule has 2 aromatic carbocycles. The number of amidine groups is 1. The minimum Gasteiger partial charge on any atom is -0.370 e. The van der Waals surface area contributed by atoms with Crippen molar-refractivity contribution in [3.05, 3.63) is 64.7 Å². The molecule has 3 rings (SSSR count). The van der Waals surface area contributed by atoms with Gasteiger partial charge in [0.05, 0.1) is 10.6 Å². The summed E-state index contributed by atoms with van der Waals surface area (Å²) in [6.45, 7) is 1.80. The Morgan fingerprint density at radius 2 is 1.91 bits per heavy atom. The van der Waals surface area contributed by atoms with Gasteiger partial charge in [0.2, 0.25) is 0 Å². The van der Waals surface area contributed by atoms with E-state index in [-0.39, 0.29) is 5.91 Å². The molecule has 5 heteroatoms. The molecule has 1 heterocycles. The van der Waals surface area contributed by atoms with Crippen LogP contribution >= 0.6 is 11.6 Å². The van der Waals surface area contributed by atoms with Gasteiger partial charge in [0.15, 0.2) is 0 Å².